The van der Waals surface area contributed by atoms with E-state index in [1.165, 1.54) is 0 Å². The third kappa shape index (κ3) is 2.42. The fraction of sp³-hybridized carbons (Fsp3) is 0.571. The maximum absolute atomic E-state index is 5.80. The summed E-state index contributed by atoms with van der Waals surface area (Å²) in [6.45, 7) is 4.99. The molecule has 2 aromatic rings. The molecule has 5 nitrogen and oxygen atoms in total. The summed E-state index contributed by atoms with van der Waals surface area (Å²) in [5, 5.41) is 8.90. The molecule has 1 saturated heterocycles. The number of nitrogens with zero attached hydrogens (tertiary/aromatic N) is 3. The number of anilines is 1. The first-order valence-electron chi connectivity index (χ1n) is 6.82. The molecular weight excluding hydrogens is 240 g/mol. The zero-order chi connectivity index (χ0) is 13.4. The van der Waals surface area contributed by atoms with E-state index in [0.29, 0.717) is 12.2 Å². The van der Waals surface area contributed by atoms with E-state index >= 15 is 0 Å². The smallest absolute Gasteiger partial charge is 0.157 e. The minimum absolute atomic E-state index is 0.320. The van der Waals surface area contributed by atoms with Crippen molar-refractivity contribution in [1.82, 2.24) is 14.8 Å². The van der Waals surface area contributed by atoms with Crippen LogP contribution < -0.4 is 5.32 Å². The summed E-state index contributed by atoms with van der Waals surface area (Å²) in [7, 11) is 1.92. The Balaban J connectivity index is 1.73. The quantitative estimate of drug-likeness (QED) is 0.919. The largest absolute Gasteiger partial charge is 0.381 e. The number of nitrogens with one attached hydrogen (secondary N) is 1. The van der Waals surface area contributed by atoms with Gasteiger partial charge in [-0.15, -0.1) is 0 Å². The van der Waals surface area contributed by atoms with Gasteiger partial charge in [0.05, 0.1) is 29.8 Å². The number of rotatable bonds is 3. The SMILES string of the molecule is Cc1nn(C)c2ncc(NCC3CCC(C)O3)cc12. The van der Waals surface area contributed by atoms with Gasteiger partial charge in [-0.3, -0.25) is 4.68 Å². The molecule has 2 unspecified atom stereocenters. The Kier molecular flexibility index (Phi) is 3.14. The fourth-order valence-corrected chi connectivity index (χ4v) is 2.67. The molecule has 0 amide bonds. The van der Waals surface area contributed by atoms with Crippen molar-refractivity contribution in [3.63, 3.8) is 0 Å². The molecule has 3 heterocycles. The number of aryl methyl sites for hydroxylation is 2. The normalized spacial score (nSPS) is 23.1. The molecule has 2 atom stereocenters. The summed E-state index contributed by atoms with van der Waals surface area (Å²) in [6, 6.07) is 2.11. The summed E-state index contributed by atoms with van der Waals surface area (Å²) in [4.78, 5) is 4.46. The van der Waals surface area contributed by atoms with E-state index in [9.17, 15) is 0 Å². The van der Waals surface area contributed by atoms with Crippen LogP contribution in [0, 0.1) is 6.92 Å². The number of pyridine rings is 1. The zero-order valence-electron chi connectivity index (χ0n) is 11.7. The molecule has 0 bridgehead atoms. The Labute approximate surface area is 113 Å². The molecule has 1 aliphatic rings. The van der Waals surface area contributed by atoms with Gasteiger partial charge in [0, 0.05) is 19.0 Å². The monoisotopic (exact) mass is 260 g/mol. The molecule has 0 radical (unpaired) electrons. The van der Waals surface area contributed by atoms with Crippen molar-refractivity contribution in [2.75, 3.05) is 11.9 Å². The van der Waals surface area contributed by atoms with Crippen LogP contribution in [0.15, 0.2) is 12.3 Å². The van der Waals surface area contributed by atoms with Gasteiger partial charge in [-0.1, -0.05) is 0 Å². The summed E-state index contributed by atoms with van der Waals surface area (Å²) in [6.07, 6.45) is 4.87. The number of aromatic nitrogens is 3. The van der Waals surface area contributed by atoms with Crippen LogP contribution in [0.25, 0.3) is 11.0 Å². The number of fused-ring (bicyclic) bond motifs is 1. The van der Waals surface area contributed by atoms with E-state index in [2.05, 4.69) is 28.4 Å². The summed E-state index contributed by atoms with van der Waals surface area (Å²) in [5.74, 6) is 0. The maximum Gasteiger partial charge on any atom is 0.157 e. The molecule has 0 spiro atoms. The van der Waals surface area contributed by atoms with E-state index in [4.69, 9.17) is 4.74 Å². The number of ether oxygens (including phenoxy) is 1. The Morgan fingerprint density at radius 1 is 1.47 bits per heavy atom. The lowest BCUT2D eigenvalue weighted by molar-refractivity contribution is 0.0637. The van der Waals surface area contributed by atoms with E-state index in [1.54, 1.807) is 0 Å². The van der Waals surface area contributed by atoms with E-state index in [-0.39, 0.29) is 0 Å². The van der Waals surface area contributed by atoms with Crippen molar-refractivity contribution >= 4 is 16.7 Å². The lowest BCUT2D eigenvalue weighted by Crippen LogP contribution is -2.19. The van der Waals surface area contributed by atoms with Crippen LogP contribution >= 0.6 is 0 Å². The first-order chi connectivity index (χ1) is 9.13. The first-order valence-corrected chi connectivity index (χ1v) is 6.82. The van der Waals surface area contributed by atoms with Gasteiger partial charge >= 0.3 is 0 Å². The van der Waals surface area contributed by atoms with Crippen molar-refractivity contribution in [3.05, 3.63) is 18.0 Å². The molecule has 1 N–H and O–H groups in total. The van der Waals surface area contributed by atoms with Crippen LogP contribution in [0.2, 0.25) is 0 Å². The van der Waals surface area contributed by atoms with Crippen molar-refractivity contribution in [1.29, 1.82) is 0 Å². The molecule has 2 aromatic heterocycles. The molecule has 0 saturated carbocycles. The predicted octanol–water partition coefficient (Wildman–Crippen LogP) is 2.26. The molecule has 1 aliphatic heterocycles. The van der Waals surface area contributed by atoms with Crippen molar-refractivity contribution < 1.29 is 4.74 Å². The fourth-order valence-electron chi connectivity index (χ4n) is 2.67. The van der Waals surface area contributed by atoms with E-state index in [0.717, 1.165) is 41.8 Å². The standard InChI is InChI=1S/C14H20N4O/c1-9-4-5-12(19-9)8-15-11-6-13-10(2)17-18(3)14(13)16-7-11/h6-7,9,12,15H,4-5,8H2,1-3H3. The molecule has 102 valence electrons. The van der Waals surface area contributed by atoms with Crippen LogP contribution in [0.4, 0.5) is 5.69 Å². The summed E-state index contributed by atoms with van der Waals surface area (Å²) >= 11 is 0. The Morgan fingerprint density at radius 3 is 3.05 bits per heavy atom. The van der Waals surface area contributed by atoms with Crippen LogP contribution in [0.1, 0.15) is 25.5 Å². The van der Waals surface area contributed by atoms with Crippen LogP contribution in [-0.2, 0) is 11.8 Å². The summed E-state index contributed by atoms with van der Waals surface area (Å²) in [5.41, 5.74) is 2.97. The molecule has 0 aromatic carbocycles. The van der Waals surface area contributed by atoms with Gasteiger partial charge in [-0.2, -0.15) is 5.10 Å². The van der Waals surface area contributed by atoms with E-state index < -0.39 is 0 Å². The first kappa shape index (κ1) is 12.4. The topological polar surface area (TPSA) is 52.0 Å². The lowest BCUT2D eigenvalue weighted by Gasteiger charge is -2.13. The third-order valence-corrected chi connectivity index (χ3v) is 3.72. The number of hydrogen-bond acceptors (Lipinski definition) is 4. The van der Waals surface area contributed by atoms with Gasteiger partial charge in [0.2, 0.25) is 0 Å². The van der Waals surface area contributed by atoms with Gasteiger partial charge < -0.3 is 10.1 Å². The highest BCUT2D eigenvalue weighted by molar-refractivity contribution is 5.81. The molecule has 1 fully saturated rings. The van der Waals surface area contributed by atoms with Crippen LogP contribution in [0.3, 0.4) is 0 Å². The Morgan fingerprint density at radius 2 is 2.32 bits per heavy atom. The van der Waals surface area contributed by atoms with Crippen LogP contribution in [-0.4, -0.2) is 33.5 Å². The second-order valence-corrected chi connectivity index (χ2v) is 5.33. The average Bonchev–Trinajstić information content (AvgIpc) is 2.92. The van der Waals surface area contributed by atoms with E-state index in [1.807, 2.05) is 24.9 Å². The second-order valence-electron chi connectivity index (χ2n) is 5.33. The van der Waals surface area contributed by atoms with Crippen molar-refractivity contribution in [3.8, 4) is 0 Å². The highest BCUT2D eigenvalue weighted by atomic mass is 16.5. The molecular formula is C14H20N4O. The molecule has 5 heteroatoms. The second kappa shape index (κ2) is 4.81. The van der Waals surface area contributed by atoms with Crippen LogP contribution in [0.5, 0.6) is 0 Å². The molecule has 19 heavy (non-hydrogen) atoms. The van der Waals surface area contributed by atoms with Gasteiger partial charge in [-0.05, 0) is 32.8 Å². The van der Waals surface area contributed by atoms with Gasteiger partial charge in [-0.25, -0.2) is 4.98 Å². The Bertz CT molecular complexity index is 592. The summed E-state index contributed by atoms with van der Waals surface area (Å²) < 4.78 is 7.61. The van der Waals surface area contributed by atoms with Gasteiger partial charge in [0.15, 0.2) is 5.65 Å². The molecule has 0 aliphatic carbocycles. The maximum atomic E-state index is 5.80. The van der Waals surface area contributed by atoms with Crippen molar-refractivity contribution in [2.45, 2.75) is 38.9 Å². The lowest BCUT2D eigenvalue weighted by atomic mass is 10.2. The highest BCUT2D eigenvalue weighted by Gasteiger charge is 2.21. The van der Waals surface area contributed by atoms with Gasteiger partial charge in [0.1, 0.15) is 0 Å². The average molecular weight is 260 g/mol. The Hall–Kier alpha value is -1.62. The predicted molar refractivity (Wildman–Crippen MR) is 75.3 cm³/mol. The molecule has 3 rings (SSSR count). The van der Waals surface area contributed by atoms with Gasteiger partial charge in [0.25, 0.3) is 0 Å². The number of hydrogen-bond donors (Lipinski definition) is 1. The van der Waals surface area contributed by atoms with Crippen molar-refractivity contribution in [2.24, 2.45) is 7.05 Å². The minimum atomic E-state index is 0.320. The minimum Gasteiger partial charge on any atom is -0.381 e. The zero-order valence-corrected chi connectivity index (χ0v) is 11.7. The third-order valence-electron chi connectivity index (χ3n) is 3.72. The highest BCUT2D eigenvalue weighted by Crippen LogP contribution is 2.22.